The van der Waals surface area contributed by atoms with E-state index in [1.54, 1.807) is 0 Å². The number of rotatable bonds is 2. The zero-order chi connectivity index (χ0) is 10.0. The number of carbonyl (C=O) groups excluding carboxylic acids is 1. The number of benzene rings is 1. The van der Waals surface area contributed by atoms with Crippen LogP contribution in [0.25, 0.3) is 0 Å². The molecule has 0 bridgehead atoms. The van der Waals surface area contributed by atoms with Gasteiger partial charge >= 0.3 is 0 Å². The molecule has 0 aliphatic heterocycles. The molecule has 0 aromatic heterocycles. The number of aromatic hydroxyl groups is 1. The smallest absolute Gasteiger partial charge is 0.147 e. The Morgan fingerprint density at radius 1 is 1.54 bits per heavy atom. The number of carbonyl (C=O) groups is 1. The third-order valence-electron chi connectivity index (χ3n) is 1.55. The largest absolute Gasteiger partial charge is 0.508 e. The lowest BCUT2D eigenvalue weighted by atomic mass is 10.1. The molecule has 0 aliphatic rings. The zero-order valence-corrected chi connectivity index (χ0v) is 8.51. The summed E-state index contributed by atoms with van der Waals surface area (Å²) in [5.41, 5.74) is 0.421. The van der Waals surface area contributed by atoms with Crippen LogP contribution in [0.3, 0.4) is 0 Å². The van der Waals surface area contributed by atoms with Crippen molar-refractivity contribution in [1.82, 2.24) is 0 Å². The zero-order valence-electron chi connectivity index (χ0n) is 6.92. The van der Waals surface area contributed by atoms with Crippen molar-refractivity contribution in [2.45, 2.75) is 11.8 Å². The highest BCUT2D eigenvalue weighted by molar-refractivity contribution is 9.09. The number of halogens is 2. The van der Waals surface area contributed by atoms with Crippen molar-refractivity contribution in [3.63, 3.8) is 0 Å². The van der Waals surface area contributed by atoms with Crippen LogP contribution in [0.2, 0.25) is 0 Å². The van der Waals surface area contributed by atoms with E-state index < -0.39 is 10.6 Å². The minimum absolute atomic E-state index is 0.134. The summed E-state index contributed by atoms with van der Waals surface area (Å²) in [7, 11) is 0. The van der Waals surface area contributed by atoms with Gasteiger partial charge in [0.05, 0.1) is 4.83 Å². The summed E-state index contributed by atoms with van der Waals surface area (Å²) in [5.74, 6) is -0.869. The van der Waals surface area contributed by atoms with Gasteiger partial charge in [-0.25, -0.2) is 4.39 Å². The van der Waals surface area contributed by atoms with Gasteiger partial charge in [-0.3, -0.25) is 4.79 Å². The molecule has 1 aromatic rings. The topological polar surface area (TPSA) is 37.3 Å². The van der Waals surface area contributed by atoms with Gasteiger partial charge in [-0.2, -0.15) is 0 Å². The summed E-state index contributed by atoms with van der Waals surface area (Å²) in [6, 6.07) is 3.55. The Kier molecular flexibility index (Phi) is 3.03. The summed E-state index contributed by atoms with van der Waals surface area (Å²) < 4.78 is 12.8. The van der Waals surface area contributed by atoms with Crippen LogP contribution in [0.15, 0.2) is 18.2 Å². The summed E-state index contributed by atoms with van der Waals surface area (Å²) in [6.07, 6.45) is 0. The van der Waals surface area contributed by atoms with Crippen LogP contribution >= 0.6 is 15.9 Å². The van der Waals surface area contributed by atoms with Gasteiger partial charge in [0.15, 0.2) is 0 Å². The molecule has 1 aromatic carbocycles. The highest BCUT2D eigenvalue weighted by Gasteiger charge is 2.13. The molecule has 1 unspecified atom stereocenters. The maximum absolute atomic E-state index is 12.8. The van der Waals surface area contributed by atoms with Crippen molar-refractivity contribution in [3.05, 3.63) is 29.6 Å². The van der Waals surface area contributed by atoms with Crippen LogP contribution in [-0.2, 0) is 4.79 Å². The van der Waals surface area contributed by atoms with Crippen molar-refractivity contribution >= 4 is 21.7 Å². The molecule has 1 N–H and O–H groups in total. The molecule has 1 rings (SSSR count). The normalized spacial score (nSPS) is 12.5. The van der Waals surface area contributed by atoms with Gasteiger partial charge < -0.3 is 5.11 Å². The maximum Gasteiger partial charge on any atom is 0.147 e. The fourth-order valence-corrected chi connectivity index (χ4v) is 1.24. The number of ketones is 1. The molecule has 0 radical (unpaired) electrons. The highest BCUT2D eigenvalue weighted by atomic mass is 79.9. The Balaban J connectivity index is 3.07. The quantitative estimate of drug-likeness (QED) is 0.815. The summed E-state index contributed by atoms with van der Waals surface area (Å²) >= 11 is 3.09. The Morgan fingerprint density at radius 2 is 2.15 bits per heavy atom. The van der Waals surface area contributed by atoms with E-state index in [0.717, 1.165) is 6.07 Å². The predicted molar refractivity (Wildman–Crippen MR) is 50.4 cm³/mol. The van der Waals surface area contributed by atoms with Crippen LogP contribution in [-0.4, -0.2) is 10.9 Å². The highest BCUT2D eigenvalue weighted by Crippen LogP contribution is 2.27. The van der Waals surface area contributed by atoms with E-state index >= 15 is 0 Å². The van der Waals surface area contributed by atoms with Crippen LogP contribution in [0.5, 0.6) is 5.75 Å². The third kappa shape index (κ3) is 2.52. The van der Waals surface area contributed by atoms with E-state index in [2.05, 4.69) is 15.9 Å². The number of alkyl halides is 1. The number of Topliss-reactive ketones (excluding diaryl/α,β-unsaturated/α-hetero) is 1. The first-order valence-corrected chi connectivity index (χ1v) is 4.56. The van der Waals surface area contributed by atoms with Gasteiger partial charge in [0, 0.05) is 6.07 Å². The molecule has 0 fully saturated rings. The van der Waals surface area contributed by atoms with Gasteiger partial charge in [-0.15, -0.1) is 0 Å². The molecule has 70 valence electrons. The van der Waals surface area contributed by atoms with E-state index in [1.165, 1.54) is 19.1 Å². The lowest BCUT2D eigenvalue weighted by molar-refractivity contribution is -0.116. The van der Waals surface area contributed by atoms with Gasteiger partial charge in [-0.05, 0) is 24.6 Å². The molecule has 13 heavy (non-hydrogen) atoms. The fraction of sp³-hybridized carbons (Fsp3) is 0.222. The third-order valence-corrected chi connectivity index (χ3v) is 2.73. The van der Waals surface area contributed by atoms with Crippen molar-refractivity contribution < 1.29 is 14.3 Å². The number of phenols is 1. The van der Waals surface area contributed by atoms with Gasteiger partial charge in [0.1, 0.15) is 17.3 Å². The molecule has 0 heterocycles. The molecule has 1 atom stereocenters. The second-order valence-electron chi connectivity index (χ2n) is 2.72. The fourth-order valence-electron chi connectivity index (χ4n) is 0.977. The standard InChI is InChI=1S/C9H8BrFO2/c1-5(12)9(10)6-2-7(11)4-8(13)3-6/h2-4,9,13H,1H3. The Morgan fingerprint density at radius 3 is 2.62 bits per heavy atom. The molecule has 0 spiro atoms. The number of phenolic OH excluding ortho intramolecular Hbond substituents is 1. The van der Waals surface area contributed by atoms with Crippen molar-refractivity contribution in [1.29, 1.82) is 0 Å². The molecule has 0 aliphatic carbocycles. The first-order valence-electron chi connectivity index (χ1n) is 3.64. The van der Waals surface area contributed by atoms with E-state index in [9.17, 15) is 9.18 Å². The molecule has 2 nitrogen and oxygen atoms in total. The lowest BCUT2D eigenvalue weighted by Gasteiger charge is -2.06. The van der Waals surface area contributed by atoms with Crippen LogP contribution in [0, 0.1) is 5.82 Å². The first kappa shape index (κ1) is 10.2. The predicted octanol–water partition coefficient (Wildman–Crippen LogP) is 2.56. The molecule has 0 saturated heterocycles. The summed E-state index contributed by atoms with van der Waals surface area (Å²) in [4.78, 5) is 10.4. The van der Waals surface area contributed by atoms with Crippen molar-refractivity contribution in [2.24, 2.45) is 0 Å². The van der Waals surface area contributed by atoms with Crippen molar-refractivity contribution in [3.8, 4) is 5.75 Å². The van der Waals surface area contributed by atoms with Gasteiger partial charge in [-0.1, -0.05) is 15.9 Å². The Hall–Kier alpha value is -0.900. The molecular formula is C9H8BrFO2. The Bertz CT molecular complexity index is 318. The van der Waals surface area contributed by atoms with Gasteiger partial charge in [0.25, 0.3) is 0 Å². The SMILES string of the molecule is CC(=O)C(Br)c1cc(O)cc(F)c1. The number of hydrogen-bond acceptors (Lipinski definition) is 2. The van der Waals surface area contributed by atoms with Crippen LogP contribution < -0.4 is 0 Å². The van der Waals surface area contributed by atoms with E-state index in [-0.39, 0.29) is 11.5 Å². The minimum Gasteiger partial charge on any atom is -0.508 e. The van der Waals surface area contributed by atoms with E-state index in [4.69, 9.17) is 5.11 Å². The number of hydrogen-bond donors (Lipinski definition) is 1. The maximum atomic E-state index is 12.8. The Labute approximate surface area is 83.5 Å². The molecule has 0 saturated carbocycles. The average Bonchev–Trinajstić information content (AvgIpc) is 2.01. The second-order valence-corrected chi connectivity index (χ2v) is 3.63. The minimum atomic E-state index is -0.561. The molecule has 4 heteroatoms. The van der Waals surface area contributed by atoms with Crippen molar-refractivity contribution in [2.75, 3.05) is 0 Å². The first-order chi connectivity index (χ1) is 6.00. The van der Waals surface area contributed by atoms with Gasteiger partial charge in [0.2, 0.25) is 0 Å². The summed E-state index contributed by atoms with van der Waals surface area (Å²) in [5, 5.41) is 9.05. The van der Waals surface area contributed by atoms with E-state index in [0.29, 0.717) is 5.56 Å². The average molecular weight is 247 g/mol. The lowest BCUT2D eigenvalue weighted by Crippen LogP contribution is -2.01. The molecule has 0 amide bonds. The monoisotopic (exact) mass is 246 g/mol. The van der Waals surface area contributed by atoms with E-state index in [1.807, 2.05) is 0 Å². The van der Waals surface area contributed by atoms with Crippen LogP contribution in [0.1, 0.15) is 17.3 Å². The van der Waals surface area contributed by atoms with Crippen LogP contribution in [0.4, 0.5) is 4.39 Å². The molecular weight excluding hydrogens is 239 g/mol. The summed E-state index contributed by atoms with van der Waals surface area (Å²) in [6.45, 7) is 1.39. The second kappa shape index (κ2) is 3.87.